The molecule has 1 fully saturated rings. The van der Waals surface area contributed by atoms with Gasteiger partial charge in [0, 0.05) is 13.1 Å². The van der Waals surface area contributed by atoms with Gasteiger partial charge < -0.3 is 0 Å². The van der Waals surface area contributed by atoms with Gasteiger partial charge in [0.25, 0.3) is 0 Å². The van der Waals surface area contributed by atoms with Crippen molar-refractivity contribution in [3.8, 4) is 0 Å². The van der Waals surface area contributed by atoms with Crippen molar-refractivity contribution in [3.63, 3.8) is 0 Å². The highest BCUT2D eigenvalue weighted by Gasteiger charge is 2.06. The molecule has 2 rings (SSSR count). The minimum atomic E-state index is 0.572. The summed E-state index contributed by atoms with van der Waals surface area (Å²) in [6, 6.07) is 8.36. The fourth-order valence-electron chi connectivity index (χ4n) is 2.01. The number of hydrogen-bond acceptors (Lipinski definition) is 2. The SMILES string of the molecule is CC(C)c1ccc(N=NN2CCCCC2)cc1. The van der Waals surface area contributed by atoms with Gasteiger partial charge in [-0.15, -0.1) is 5.11 Å². The maximum atomic E-state index is 4.29. The third kappa shape index (κ3) is 3.55. The number of benzene rings is 1. The second-order valence-electron chi connectivity index (χ2n) is 4.95. The van der Waals surface area contributed by atoms with Gasteiger partial charge in [-0.3, -0.25) is 5.01 Å². The molecule has 0 aliphatic carbocycles. The van der Waals surface area contributed by atoms with E-state index in [0.717, 1.165) is 18.8 Å². The van der Waals surface area contributed by atoms with E-state index in [4.69, 9.17) is 0 Å². The van der Waals surface area contributed by atoms with Gasteiger partial charge in [-0.25, -0.2) is 0 Å². The number of hydrogen-bond donors (Lipinski definition) is 0. The molecule has 0 radical (unpaired) electrons. The van der Waals surface area contributed by atoms with Crippen LogP contribution in [0, 0.1) is 0 Å². The summed E-state index contributed by atoms with van der Waals surface area (Å²) in [5.41, 5.74) is 2.29. The van der Waals surface area contributed by atoms with E-state index < -0.39 is 0 Å². The van der Waals surface area contributed by atoms with Crippen LogP contribution in [0.1, 0.15) is 44.6 Å². The minimum Gasteiger partial charge on any atom is -0.278 e. The molecule has 1 aliphatic heterocycles. The van der Waals surface area contributed by atoms with E-state index in [-0.39, 0.29) is 0 Å². The standard InChI is InChI=1S/C14H21N3/c1-12(2)13-6-8-14(9-7-13)15-16-17-10-4-3-5-11-17/h6-9,12H,3-5,10-11H2,1-2H3. The Morgan fingerprint density at radius 1 is 1.00 bits per heavy atom. The molecule has 1 saturated heterocycles. The van der Waals surface area contributed by atoms with Crippen molar-refractivity contribution in [3.05, 3.63) is 29.8 Å². The van der Waals surface area contributed by atoms with E-state index >= 15 is 0 Å². The second kappa shape index (κ2) is 5.80. The van der Waals surface area contributed by atoms with Crippen molar-refractivity contribution in [2.75, 3.05) is 13.1 Å². The maximum Gasteiger partial charge on any atom is 0.0874 e. The fraction of sp³-hybridized carbons (Fsp3) is 0.571. The van der Waals surface area contributed by atoms with Crippen LogP contribution in [0.4, 0.5) is 5.69 Å². The monoisotopic (exact) mass is 231 g/mol. The predicted octanol–water partition coefficient (Wildman–Crippen LogP) is 4.29. The van der Waals surface area contributed by atoms with Crippen LogP contribution < -0.4 is 0 Å². The Labute approximate surface area is 104 Å². The molecule has 0 atom stereocenters. The summed E-state index contributed by atoms with van der Waals surface area (Å²) in [5.74, 6) is 0.572. The van der Waals surface area contributed by atoms with Gasteiger partial charge in [0.2, 0.25) is 0 Å². The molecule has 0 unspecified atom stereocenters. The molecule has 1 heterocycles. The van der Waals surface area contributed by atoms with Crippen LogP contribution in [0.2, 0.25) is 0 Å². The van der Waals surface area contributed by atoms with Crippen LogP contribution in [0.15, 0.2) is 34.6 Å². The first kappa shape index (κ1) is 12.1. The Morgan fingerprint density at radius 3 is 2.24 bits per heavy atom. The van der Waals surface area contributed by atoms with Crippen molar-refractivity contribution in [1.82, 2.24) is 5.01 Å². The summed E-state index contributed by atoms with van der Waals surface area (Å²) in [6.45, 7) is 6.50. The molecule has 17 heavy (non-hydrogen) atoms. The lowest BCUT2D eigenvalue weighted by molar-refractivity contribution is 0.224. The summed E-state index contributed by atoms with van der Waals surface area (Å²) < 4.78 is 0. The lowest BCUT2D eigenvalue weighted by Gasteiger charge is -2.21. The van der Waals surface area contributed by atoms with Crippen molar-refractivity contribution in [2.45, 2.75) is 39.0 Å². The number of nitrogens with zero attached hydrogens (tertiary/aromatic N) is 3. The largest absolute Gasteiger partial charge is 0.278 e. The summed E-state index contributed by atoms with van der Waals surface area (Å²) in [4.78, 5) is 0. The molecule has 0 amide bonds. The molecule has 3 heteroatoms. The molecule has 1 aromatic carbocycles. The van der Waals surface area contributed by atoms with Crippen molar-refractivity contribution in [1.29, 1.82) is 0 Å². The van der Waals surface area contributed by atoms with Gasteiger partial charge in [0.05, 0.1) is 5.69 Å². The van der Waals surface area contributed by atoms with E-state index in [1.807, 2.05) is 12.1 Å². The molecule has 3 nitrogen and oxygen atoms in total. The van der Waals surface area contributed by atoms with Gasteiger partial charge in [-0.05, 0) is 42.9 Å². The summed E-state index contributed by atoms with van der Waals surface area (Å²) in [7, 11) is 0. The zero-order valence-electron chi connectivity index (χ0n) is 10.8. The van der Waals surface area contributed by atoms with Crippen LogP contribution in [0.25, 0.3) is 0 Å². The van der Waals surface area contributed by atoms with Crippen LogP contribution in [0.5, 0.6) is 0 Å². The molecular formula is C14H21N3. The van der Waals surface area contributed by atoms with E-state index in [9.17, 15) is 0 Å². The quantitative estimate of drug-likeness (QED) is 0.713. The zero-order chi connectivity index (χ0) is 12.1. The van der Waals surface area contributed by atoms with E-state index in [1.54, 1.807) is 0 Å². The molecule has 0 spiro atoms. The Morgan fingerprint density at radius 2 is 1.65 bits per heavy atom. The van der Waals surface area contributed by atoms with Crippen LogP contribution in [-0.2, 0) is 0 Å². The van der Waals surface area contributed by atoms with Gasteiger partial charge in [0.1, 0.15) is 0 Å². The van der Waals surface area contributed by atoms with E-state index in [2.05, 4.69) is 41.3 Å². The van der Waals surface area contributed by atoms with E-state index in [1.165, 1.54) is 24.8 Å². The lowest BCUT2D eigenvalue weighted by Crippen LogP contribution is -2.23. The topological polar surface area (TPSA) is 28.0 Å². The first-order valence-electron chi connectivity index (χ1n) is 6.52. The fourth-order valence-corrected chi connectivity index (χ4v) is 2.01. The minimum absolute atomic E-state index is 0.572. The molecule has 0 N–H and O–H groups in total. The van der Waals surface area contributed by atoms with Crippen molar-refractivity contribution < 1.29 is 0 Å². The molecule has 0 bridgehead atoms. The van der Waals surface area contributed by atoms with Gasteiger partial charge in [0.15, 0.2) is 0 Å². The molecule has 0 saturated carbocycles. The first-order valence-corrected chi connectivity index (χ1v) is 6.52. The van der Waals surface area contributed by atoms with Gasteiger partial charge in [-0.2, -0.15) is 0 Å². The van der Waals surface area contributed by atoms with Crippen LogP contribution in [0.3, 0.4) is 0 Å². The molecule has 92 valence electrons. The Balaban J connectivity index is 1.95. The average Bonchev–Trinajstić information content (AvgIpc) is 2.38. The smallest absolute Gasteiger partial charge is 0.0874 e. The van der Waals surface area contributed by atoms with Gasteiger partial charge >= 0.3 is 0 Å². The first-order chi connectivity index (χ1) is 8.25. The summed E-state index contributed by atoms with van der Waals surface area (Å²) in [6.07, 6.45) is 3.81. The van der Waals surface area contributed by atoms with Crippen LogP contribution in [-0.4, -0.2) is 18.1 Å². The number of rotatable bonds is 3. The molecular weight excluding hydrogens is 210 g/mol. The third-order valence-electron chi connectivity index (χ3n) is 3.18. The Hall–Kier alpha value is -1.38. The maximum absolute atomic E-state index is 4.29. The molecule has 0 aromatic heterocycles. The summed E-state index contributed by atoms with van der Waals surface area (Å²) >= 11 is 0. The molecule has 1 aromatic rings. The Bertz CT molecular complexity index is 362. The highest BCUT2D eigenvalue weighted by atomic mass is 15.5. The predicted molar refractivity (Wildman–Crippen MR) is 70.5 cm³/mol. The zero-order valence-corrected chi connectivity index (χ0v) is 10.8. The van der Waals surface area contributed by atoms with E-state index in [0.29, 0.717) is 5.92 Å². The van der Waals surface area contributed by atoms with Gasteiger partial charge in [-0.1, -0.05) is 31.2 Å². The summed E-state index contributed by atoms with van der Waals surface area (Å²) in [5, 5.41) is 10.6. The second-order valence-corrected chi connectivity index (χ2v) is 4.95. The normalized spacial score (nSPS) is 17.0. The van der Waals surface area contributed by atoms with Crippen molar-refractivity contribution >= 4 is 5.69 Å². The molecule has 1 aliphatic rings. The Kier molecular flexibility index (Phi) is 4.13. The third-order valence-corrected chi connectivity index (χ3v) is 3.18. The highest BCUT2D eigenvalue weighted by Crippen LogP contribution is 2.20. The number of piperidine rings is 1. The lowest BCUT2D eigenvalue weighted by atomic mass is 10.0. The van der Waals surface area contributed by atoms with Crippen LogP contribution >= 0.6 is 0 Å². The average molecular weight is 231 g/mol. The highest BCUT2D eigenvalue weighted by molar-refractivity contribution is 5.38. The van der Waals surface area contributed by atoms with Crippen molar-refractivity contribution in [2.24, 2.45) is 10.3 Å².